The Kier molecular flexibility index (Phi) is 7.37. The van der Waals surface area contributed by atoms with E-state index in [1.165, 1.54) is 28.0 Å². The first kappa shape index (κ1) is 26.7. The third-order valence-corrected chi connectivity index (χ3v) is 6.78. The van der Waals surface area contributed by atoms with Gasteiger partial charge in [-0.05, 0) is 55.0 Å². The summed E-state index contributed by atoms with van der Waals surface area (Å²) in [4.78, 5) is 55.2. The van der Waals surface area contributed by atoms with Crippen LogP contribution in [-0.2, 0) is 9.59 Å². The highest BCUT2D eigenvalue weighted by atomic mass is 19.1. The molecule has 206 valence electrons. The number of carbonyl (C=O) groups is 4. The van der Waals surface area contributed by atoms with Crippen LogP contribution in [0.4, 0.5) is 4.39 Å². The third kappa shape index (κ3) is 5.44. The molecule has 10 nitrogen and oxygen atoms in total. The second kappa shape index (κ2) is 11.0. The highest BCUT2D eigenvalue weighted by Crippen LogP contribution is 2.33. The van der Waals surface area contributed by atoms with E-state index >= 15 is 0 Å². The van der Waals surface area contributed by atoms with Crippen LogP contribution in [0.2, 0.25) is 0 Å². The molecule has 40 heavy (non-hydrogen) atoms. The Morgan fingerprint density at radius 3 is 2.23 bits per heavy atom. The maximum absolute atomic E-state index is 13.8. The molecule has 2 aliphatic heterocycles. The van der Waals surface area contributed by atoms with E-state index in [4.69, 9.17) is 9.47 Å². The minimum atomic E-state index is -1.37. The number of nitrogens with zero attached hydrogens (tertiary/aromatic N) is 2. The molecular weight excluding hydrogens is 521 g/mol. The number of nitrogens with one attached hydrogen (secondary N) is 1. The summed E-state index contributed by atoms with van der Waals surface area (Å²) in [6.07, 6.45) is -1.87. The molecule has 2 atom stereocenters. The zero-order valence-electron chi connectivity index (χ0n) is 21.5. The number of halogens is 1. The third-order valence-electron chi connectivity index (χ3n) is 6.78. The standard InChI is InChI=1S/C29H26FN3O7/c1-17-3-2-4-19(13-17)28(37)32-11-12-33(29(38)20-7-10-23-24(14-20)40-16-39-23)27(32)26(36)31-22(15-25(34)35)18-5-8-21(30)9-6-18/h2-10,13-14,22,27H,11-12,15-16H2,1H3,(H,31,36)(H,34,35). The molecule has 0 aliphatic carbocycles. The lowest BCUT2D eigenvalue weighted by Gasteiger charge is -2.31. The topological polar surface area (TPSA) is 125 Å². The Morgan fingerprint density at radius 2 is 1.57 bits per heavy atom. The Morgan fingerprint density at radius 1 is 0.925 bits per heavy atom. The predicted molar refractivity (Wildman–Crippen MR) is 139 cm³/mol. The number of hydrogen-bond donors (Lipinski definition) is 2. The fourth-order valence-electron chi connectivity index (χ4n) is 4.84. The van der Waals surface area contributed by atoms with Gasteiger partial charge in [0.1, 0.15) is 5.82 Å². The summed E-state index contributed by atoms with van der Waals surface area (Å²) < 4.78 is 24.2. The van der Waals surface area contributed by atoms with Crippen molar-refractivity contribution in [1.82, 2.24) is 15.1 Å². The molecule has 2 N–H and O–H groups in total. The Labute approximate surface area is 228 Å². The predicted octanol–water partition coefficient (Wildman–Crippen LogP) is 3.12. The van der Waals surface area contributed by atoms with Crippen molar-refractivity contribution in [2.75, 3.05) is 19.9 Å². The van der Waals surface area contributed by atoms with Crippen molar-refractivity contribution in [1.29, 1.82) is 0 Å². The Balaban J connectivity index is 1.48. The normalized spacial score (nSPS) is 16.5. The summed E-state index contributed by atoms with van der Waals surface area (Å²) in [7, 11) is 0. The molecule has 2 unspecified atom stereocenters. The molecule has 2 heterocycles. The molecule has 0 saturated carbocycles. The number of carboxylic acids is 1. The molecule has 0 radical (unpaired) electrons. The van der Waals surface area contributed by atoms with Gasteiger partial charge in [0.15, 0.2) is 17.7 Å². The van der Waals surface area contributed by atoms with Crippen molar-refractivity contribution in [3.8, 4) is 11.5 Å². The first-order valence-corrected chi connectivity index (χ1v) is 12.6. The van der Waals surface area contributed by atoms with E-state index in [9.17, 15) is 28.7 Å². The molecule has 11 heteroatoms. The fraction of sp³-hybridized carbons (Fsp3) is 0.241. The minimum absolute atomic E-state index is 0.0227. The molecule has 3 aromatic rings. The Hall–Kier alpha value is -4.93. The van der Waals surface area contributed by atoms with E-state index in [0.717, 1.165) is 17.7 Å². The van der Waals surface area contributed by atoms with E-state index in [0.29, 0.717) is 22.6 Å². The van der Waals surface area contributed by atoms with Gasteiger partial charge < -0.3 is 29.7 Å². The van der Waals surface area contributed by atoms with Crippen molar-refractivity contribution >= 4 is 23.7 Å². The number of amides is 3. The van der Waals surface area contributed by atoms with Gasteiger partial charge in [-0.15, -0.1) is 0 Å². The van der Waals surface area contributed by atoms with Gasteiger partial charge in [0.25, 0.3) is 17.7 Å². The van der Waals surface area contributed by atoms with Gasteiger partial charge in [0.05, 0.1) is 12.5 Å². The SMILES string of the molecule is Cc1cccc(C(=O)N2CCN(C(=O)c3ccc4c(c3)OCO4)C2C(=O)NC(CC(=O)O)c2ccc(F)cc2)c1. The van der Waals surface area contributed by atoms with Crippen LogP contribution in [0.1, 0.15) is 44.3 Å². The average Bonchev–Trinajstić information content (AvgIpc) is 3.59. The van der Waals surface area contributed by atoms with Crippen molar-refractivity contribution in [3.05, 3.63) is 94.8 Å². The van der Waals surface area contributed by atoms with Crippen molar-refractivity contribution in [2.24, 2.45) is 0 Å². The summed E-state index contributed by atoms with van der Waals surface area (Å²) in [5.41, 5.74) is 1.78. The van der Waals surface area contributed by atoms with Crippen LogP contribution in [-0.4, -0.2) is 64.6 Å². The van der Waals surface area contributed by atoms with Crippen LogP contribution in [0.5, 0.6) is 11.5 Å². The first-order valence-electron chi connectivity index (χ1n) is 12.6. The summed E-state index contributed by atoms with van der Waals surface area (Å²) in [5, 5.41) is 12.2. The number of fused-ring (bicyclic) bond motifs is 1. The molecular formula is C29H26FN3O7. The van der Waals surface area contributed by atoms with E-state index in [-0.39, 0.29) is 25.4 Å². The number of carbonyl (C=O) groups excluding carboxylic acids is 3. The molecule has 2 aliphatic rings. The number of hydrogen-bond acceptors (Lipinski definition) is 6. The Bertz CT molecular complexity index is 1480. The lowest BCUT2D eigenvalue weighted by atomic mass is 10.0. The van der Waals surface area contributed by atoms with Crippen molar-refractivity contribution < 1.29 is 38.1 Å². The summed E-state index contributed by atoms with van der Waals surface area (Å²) in [5.74, 6) is -2.56. The van der Waals surface area contributed by atoms with E-state index < -0.39 is 48.1 Å². The smallest absolute Gasteiger partial charge is 0.305 e. The van der Waals surface area contributed by atoms with E-state index in [2.05, 4.69) is 5.32 Å². The van der Waals surface area contributed by atoms with Crippen LogP contribution in [0, 0.1) is 12.7 Å². The van der Waals surface area contributed by atoms with Crippen LogP contribution < -0.4 is 14.8 Å². The number of benzene rings is 3. The average molecular weight is 548 g/mol. The van der Waals surface area contributed by atoms with Crippen LogP contribution >= 0.6 is 0 Å². The van der Waals surface area contributed by atoms with Crippen molar-refractivity contribution in [2.45, 2.75) is 25.6 Å². The number of aliphatic carboxylic acids is 1. The largest absolute Gasteiger partial charge is 0.481 e. The maximum atomic E-state index is 13.8. The molecule has 3 amide bonds. The molecule has 0 spiro atoms. The maximum Gasteiger partial charge on any atom is 0.305 e. The quantitative estimate of drug-likeness (QED) is 0.466. The van der Waals surface area contributed by atoms with Crippen LogP contribution in [0.25, 0.3) is 0 Å². The summed E-state index contributed by atoms with van der Waals surface area (Å²) >= 11 is 0. The molecule has 3 aromatic carbocycles. The molecule has 1 saturated heterocycles. The zero-order valence-corrected chi connectivity index (χ0v) is 21.5. The van der Waals surface area contributed by atoms with Crippen molar-refractivity contribution in [3.63, 3.8) is 0 Å². The molecule has 5 rings (SSSR count). The minimum Gasteiger partial charge on any atom is -0.481 e. The van der Waals surface area contributed by atoms with Gasteiger partial charge in [-0.1, -0.05) is 29.8 Å². The summed E-state index contributed by atoms with van der Waals surface area (Å²) in [6, 6.07) is 15.6. The first-order chi connectivity index (χ1) is 19.2. The summed E-state index contributed by atoms with van der Waals surface area (Å²) in [6.45, 7) is 1.98. The lowest BCUT2D eigenvalue weighted by Crippen LogP contribution is -2.54. The van der Waals surface area contributed by atoms with Gasteiger partial charge in [0.2, 0.25) is 6.79 Å². The lowest BCUT2D eigenvalue weighted by molar-refractivity contribution is -0.138. The van der Waals surface area contributed by atoms with Crippen LogP contribution in [0.3, 0.4) is 0 Å². The highest BCUT2D eigenvalue weighted by Gasteiger charge is 2.44. The van der Waals surface area contributed by atoms with E-state index in [1.807, 2.05) is 13.0 Å². The van der Waals surface area contributed by atoms with Gasteiger partial charge in [-0.25, -0.2) is 4.39 Å². The molecule has 0 bridgehead atoms. The second-order valence-electron chi connectivity index (χ2n) is 9.52. The number of ether oxygens (including phenoxy) is 2. The van der Waals surface area contributed by atoms with Gasteiger partial charge in [-0.3, -0.25) is 19.2 Å². The number of aryl methyl sites for hydroxylation is 1. The molecule has 0 aromatic heterocycles. The number of carboxylic acid groups (broad SMARTS) is 1. The zero-order chi connectivity index (χ0) is 28.4. The molecule has 1 fully saturated rings. The number of rotatable bonds is 7. The monoisotopic (exact) mass is 547 g/mol. The highest BCUT2D eigenvalue weighted by molar-refractivity contribution is 6.02. The van der Waals surface area contributed by atoms with Gasteiger partial charge in [0, 0.05) is 24.2 Å². The van der Waals surface area contributed by atoms with E-state index in [1.54, 1.807) is 30.3 Å². The van der Waals surface area contributed by atoms with Gasteiger partial charge >= 0.3 is 5.97 Å². The van der Waals surface area contributed by atoms with Gasteiger partial charge in [-0.2, -0.15) is 0 Å². The van der Waals surface area contributed by atoms with Crippen LogP contribution in [0.15, 0.2) is 66.7 Å². The fourth-order valence-corrected chi connectivity index (χ4v) is 4.84. The second-order valence-corrected chi connectivity index (χ2v) is 9.52.